The van der Waals surface area contributed by atoms with Crippen molar-refractivity contribution in [3.8, 4) is 0 Å². The van der Waals surface area contributed by atoms with Gasteiger partial charge in [0.15, 0.2) is 5.76 Å². The molecule has 1 aliphatic carbocycles. The highest BCUT2D eigenvalue weighted by Gasteiger charge is 2.28. The zero-order valence-corrected chi connectivity index (χ0v) is 16.1. The topological polar surface area (TPSA) is 106 Å². The van der Waals surface area contributed by atoms with E-state index in [1.54, 1.807) is 31.5 Å². The molecule has 2 amide bonds. The molecule has 2 N–H and O–H groups in total. The Morgan fingerprint density at radius 2 is 2.14 bits per heavy atom. The van der Waals surface area contributed by atoms with Crippen molar-refractivity contribution in [3.63, 3.8) is 0 Å². The minimum Gasteiger partial charge on any atom is -0.455 e. The summed E-state index contributed by atoms with van der Waals surface area (Å²) in [5, 5.41) is 7.13. The van der Waals surface area contributed by atoms with Gasteiger partial charge in [0, 0.05) is 44.0 Å². The number of carbonyl (C=O) groups is 2. The summed E-state index contributed by atoms with van der Waals surface area (Å²) in [4.78, 5) is 28.6. The molecular formula is C20H24N4O4. The second-order valence-corrected chi connectivity index (χ2v) is 6.52. The minimum absolute atomic E-state index is 0.250. The monoisotopic (exact) mass is 384 g/mol. The number of nitrogens with zero attached hydrogens (tertiary/aromatic N) is 2. The largest absolute Gasteiger partial charge is 0.455 e. The van der Waals surface area contributed by atoms with Crippen LogP contribution in [-0.2, 0) is 11.2 Å². The van der Waals surface area contributed by atoms with Crippen LogP contribution in [0.3, 0.4) is 0 Å². The molecule has 8 nitrogen and oxygen atoms in total. The molecule has 0 radical (unpaired) electrons. The van der Waals surface area contributed by atoms with Gasteiger partial charge in [0.2, 0.25) is 0 Å². The van der Waals surface area contributed by atoms with Crippen molar-refractivity contribution in [1.29, 1.82) is 0 Å². The van der Waals surface area contributed by atoms with Crippen LogP contribution in [0.1, 0.15) is 57.2 Å². The van der Waals surface area contributed by atoms with Gasteiger partial charge in [0.05, 0.1) is 5.71 Å². The maximum Gasteiger partial charge on any atom is 0.289 e. The summed E-state index contributed by atoms with van der Waals surface area (Å²) in [6.45, 7) is 2.94. The van der Waals surface area contributed by atoms with Crippen molar-refractivity contribution in [3.05, 3.63) is 52.7 Å². The molecule has 0 aromatic carbocycles. The zero-order chi connectivity index (χ0) is 19.9. The van der Waals surface area contributed by atoms with Gasteiger partial charge in [0.1, 0.15) is 11.5 Å². The number of amides is 2. The number of rotatable bonds is 7. The van der Waals surface area contributed by atoms with Crippen molar-refractivity contribution in [2.24, 2.45) is 5.10 Å². The maximum absolute atomic E-state index is 12.4. The van der Waals surface area contributed by atoms with Crippen LogP contribution in [0.2, 0.25) is 0 Å². The van der Waals surface area contributed by atoms with Crippen LogP contribution in [0, 0.1) is 6.92 Å². The van der Waals surface area contributed by atoms with E-state index >= 15 is 0 Å². The van der Waals surface area contributed by atoms with Gasteiger partial charge in [-0.05, 0) is 38.3 Å². The van der Waals surface area contributed by atoms with Gasteiger partial charge in [-0.25, -0.2) is 5.43 Å². The number of fused-ring (bicyclic) bond motifs is 1. The lowest BCUT2D eigenvalue weighted by molar-refractivity contribution is 0.0916. The number of aryl methyl sites for hydroxylation is 1. The number of hydrogen-bond donors (Lipinski definition) is 2. The summed E-state index contributed by atoms with van der Waals surface area (Å²) in [5.41, 5.74) is 5.12. The molecule has 8 heteroatoms. The van der Waals surface area contributed by atoms with E-state index in [2.05, 4.69) is 20.8 Å². The van der Waals surface area contributed by atoms with E-state index in [1.807, 2.05) is 6.92 Å². The van der Waals surface area contributed by atoms with Crippen LogP contribution in [0.5, 0.6) is 0 Å². The molecule has 0 aliphatic heterocycles. The van der Waals surface area contributed by atoms with Gasteiger partial charge in [-0.2, -0.15) is 5.10 Å². The first-order valence-corrected chi connectivity index (χ1v) is 9.29. The van der Waals surface area contributed by atoms with Gasteiger partial charge in [-0.15, -0.1) is 0 Å². The molecule has 0 saturated heterocycles. The van der Waals surface area contributed by atoms with Crippen molar-refractivity contribution in [1.82, 2.24) is 15.7 Å². The van der Waals surface area contributed by atoms with E-state index in [0.717, 1.165) is 36.1 Å². The van der Waals surface area contributed by atoms with E-state index in [1.165, 1.54) is 0 Å². The van der Waals surface area contributed by atoms with E-state index in [9.17, 15) is 9.59 Å². The SMILES string of the molecule is COCCCNC(=O)c1oc2c(c1C)/C(=N/NC(=O)c1ccccn1)CCC2. The Balaban J connectivity index is 1.75. The number of aromatic nitrogens is 1. The normalized spacial score (nSPS) is 14.6. The van der Waals surface area contributed by atoms with Gasteiger partial charge in [0.25, 0.3) is 11.8 Å². The lowest BCUT2D eigenvalue weighted by Gasteiger charge is -2.13. The number of carbonyl (C=O) groups excluding carboxylic acids is 2. The number of hydrogen-bond acceptors (Lipinski definition) is 6. The maximum atomic E-state index is 12.4. The average Bonchev–Trinajstić information content (AvgIpc) is 3.07. The smallest absolute Gasteiger partial charge is 0.289 e. The molecule has 0 spiro atoms. The molecule has 2 aromatic heterocycles. The minimum atomic E-state index is -0.377. The van der Waals surface area contributed by atoms with E-state index in [4.69, 9.17) is 9.15 Å². The first kappa shape index (κ1) is 19.8. The Hall–Kier alpha value is -3.00. The van der Waals surface area contributed by atoms with E-state index in [0.29, 0.717) is 36.7 Å². The summed E-state index contributed by atoms with van der Waals surface area (Å²) in [7, 11) is 1.63. The van der Waals surface area contributed by atoms with Crippen LogP contribution in [0.15, 0.2) is 33.9 Å². The van der Waals surface area contributed by atoms with Crippen molar-refractivity contribution < 1.29 is 18.7 Å². The molecule has 148 valence electrons. The van der Waals surface area contributed by atoms with Gasteiger partial charge >= 0.3 is 0 Å². The summed E-state index contributed by atoms with van der Waals surface area (Å²) >= 11 is 0. The molecule has 1 aliphatic rings. The van der Waals surface area contributed by atoms with Gasteiger partial charge in [-0.3, -0.25) is 14.6 Å². The van der Waals surface area contributed by atoms with Crippen LogP contribution in [-0.4, -0.2) is 42.8 Å². The number of pyridine rings is 1. The Labute approximate surface area is 163 Å². The first-order valence-electron chi connectivity index (χ1n) is 9.29. The lowest BCUT2D eigenvalue weighted by Crippen LogP contribution is -2.25. The predicted molar refractivity (Wildman–Crippen MR) is 103 cm³/mol. The van der Waals surface area contributed by atoms with E-state index < -0.39 is 0 Å². The Morgan fingerprint density at radius 3 is 2.89 bits per heavy atom. The fourth-order valence-corrected chi connectivity index (χ4v) is 3.17. The summed E-state index contributed by atoms with van der Waals surface area (Å²) < 4.78 is 10.8. The number of nitrogens with one attached hydrogen (secondary N) is 2. The number of furan rings is 1. The highest BCUT2D eigenvalue weighted by Crippen LogP contribution is 2.29. The summed E-state index contributed by atoms with van der Waals surface area (Å²) in [5.74, 6) is 0.405. The third kappa shape index (κ3) is 4.45. The van der Waals surface area contributed by atoms with Crippen molar-refractivity contribution in [2.75, 3.05) is 20.3 Å². The van der Waals surface area contributed by atoms with Gasteiger partial charge < -0.3 is 14.5 Å². The molecule has 28 heavy (non-hydrogen) atoms. The number of ether oxygens (including phenoxy) is 1. The van der Waals surface area contributed by atoms with Crippen molar-refractivity contribution in [2.45, 2.75) is 32.6 Å². The molecule has 3 rings (SSSR count). The number of methoxy groups -OCH3 is 1. The molecule has 0 fully saturated rings. The molecule has 2 heterocycles. The highest BCUT2D eigenvalue weighted by atomic mass is 16.5. The second kappa shape index (κ2) is 9.27. The van der Waals surface area contributed by atoms with Crippen LogP contribution >= 0.6 is 0 Å². The van der Waals surface area contributed by atoms with Crippen molar-refractivity contribution >= 4 is 17.5 Å². The van der Waals surface area contributed by atoms with Gasteiger partial charge in [-0.1, -0.05) is 6.07 Å². The fraction of sp³-hybridized carbons (Fsp3) is 0.400. The Morgan fingerprint density at radius 1 is 1.29 bits per heavy atom. The zero-order valence-electron chi connectivity index (χ0n) is 16.1. The van der Waals surface area contributed by atoms with E-state index in [-0.39, 0.29) is 11.8 Å². The average molecular weight is 384 g/mol. The standard InChI is InChI=1S/C20H24N4O4/c1-13-17-14(23-24-19(25)15-7-3-4-10-21-15)8-5-9-16(17)28-18(13)20(26)22-11-6-12-27-2/h3-4,7,10H,5-6,8-9,11-12H2,1-2H3,(H,22,26)(H,24,25)/b23-14+. The molecule has 2 aromatic rings. The molecule has 0 saturated carbocycles. The van der Waals surface area contributed by atoms with Crippen LogP contribution in [0.4, 0.5) is 0 Å². The highest BCUT2D eigenvalue weighted by molar-refractivity contribution is 6.07. The quantitative estimate of drug-likeness (QED) is 0.562. The lowest BCUT2D eigenvalue weighted by atomic mass is 9.93. The van der Waals surface area contributed by atoms with Crippen LogP contribution in [0.25, 0.3) is 0 Å². The predicted octanol–water partition coefficient (Wildman–Crippen LogP) is 2.22. The molecule has 0 unspecified atom stereocenters. The molecule has 0 bridgehead atoms. The third-order valence-corrected chi connectivity index (χ3v) is 4.53. The van der Waals surface area contributed by atoms with Crippen LogP contribution < -0.4 is 10.7 Å². The molecular weight excluding hydrogens is 360 g/mol. The third-order valence-electron chi connectivity index (χ3n) is 4.53. The first-order chi connectivity index (χ1) is 13.6. The second-order valence-electron chi connectivity index (χ2n) is 6.52. The fourth-order valence-electron chi connectivity index (χ4n) is 3.17. The summed E-state index contributed by atoms with van der Waals surface area (Å²) in [6.07, 6.45) is 4.56. The number of hydrazone groups is 1. The Bertz CT molecular complexity index is 874. The molecule has 0 atom stereocenters. The Kier molecular flexibility index (Phi) is 6.54. The summed E-state index contributed by atoms with van der Waals surface area (Å²) in [6, 6.07) is 5.11.